The maximum atomic E-state index is 3.46. The van der Waals surface area contributed by atoms with Crippen molar-refractivity contribution in [3.8, 4) is 0 Å². The molecule has 0 unspecified atom stereocenters. The summed E-state index contributed by atoms with van der Waals surface area (Å²) in [5.41, 5.74) is 6.00. The van der Waals surface area contributed by atoms with Crippen molar-refractivity contribution in [3.05, 3.63) is 17.4 Å². The molecule has 2 fully saturated rings. The first-order valence-electron chi connectivity index (χ1n) is 5.43. The normalized spacial score (nSPS) is 40.6. The molecule has 0 nitrogen and oxygen atoms in total. The Balaban J connectivity index is 2.50. The second-order valence-corrected chi connectivity index (χ2v) is 5.41. The highest BCUT2D eigenvalue weighted by molar-refractivity contribution is 5.28. The Morgan fingerprint density at radius 2 is 2.08 bits per heavy atom. The van der Waals surface area contributed by atoms with E-state index in [0.717, 1.165) is 5.92 Å². The summed E-state index contributed by atoms with van der Waals surface area (Å²) in [5, 5.41) is 0. The molecule has 2 saturated carbocycles. The van der Waals surface area contributed by atoms with Crippen LogP contribution >= 0.6 is 0 Å². The molecule has 0 spiro atoms. The molecule has 2 aliphatic carbocycles. The molecular weight excluding hydrogens is 156 g/mol. The van der Waals surface area contributed by atoms with E-state index in [4.69, 9.17) is 0 Å². The van der Waals surface area contributed by atoms with Gasteiger partial charge in [0.05, 0.1) is 0 Å². The fourth-order valence-corrected chi connectivity index (χ4v) is 3.36. The van der Waals surface area contributed by atoms with Crippen molar-refractivity contribution in [2.24, 2.45) is 16.7 Å². The Labute approximate surface area is 81.7 Å². The highest BCUT2D eigenvalue weighted by Crippen LogP contribution is 2.67. The van der Waals surface area contributed by atoms with Crippen LogP contribution < -0.4 is 0 Å². The van der Waals surface area contributed by atoms with E-state index in [2.05, 4.69) is 39.5 Å². The van der Waals surface area contributed by atoms with Gasteiger partial charge in [0.2, 0.25) is 0 Å². The van der Waals surface area contributed by atoms with Gasteiger partial charge in [0, 0.05) is 5.41 Å². The summed E-state index contributed by atoms with van der Waals surface area (Å²) >= 11 is 0. The molecule has 72 valence electrons. The van der Waals surface area contributed by atoms with Crippen molar-refractivity contribution in [1.82, 2.24) is 0 Å². The van der Waals surface area contributed by atoms with E-state index in [9.17, 15) is 0 Å². The number of rotatable bonds is 0. The van der Waals surface area contributed by atoms with Gasteiger partial charge in [-0.2, -0.15) is 0 Å². The molecule has 0 saturated heterocycles. The molecule has 0 aromatic heterocycles. The fraction of sp³-hybridized carbons (Fsp3) is 0.769. The fourth-order valence-electron chi connectivity index (χ4n) is 3.36. The third kappa shape index (κ3) is 0.929. The highest BCUT2D eigenvalue weighted by Gasteiger charge is 2.58. The van der Waals surface area contributed by atoms with Gasteiger partial charge in [0.1, 0.15) is 0 Å². The van der Waals surface area contributed by atoms with Gasteiger partial charge in [0.25, 0.3) is 0 Å². The van der Waals surface area contributed by atoms with Gasteiger partial charge in [-0.05, 0) is 49.2 Å². The maximum Gasteiger partial charge on any atom is 0.00134 e. The van der Waals surface area contributed by atoms with Crippen molar-refractivity contribution in [3.63, 3.8) is 0 Å². The first-order valence-corrected chi connectivity index (χ1v) is 5.43. The average Bonchev–Trinajstić information content (AvgIpc) is 2.37. The Bertz CT molecular complexity index is 289. The van der Waals surface area contributed by atoms with Gasteiger partial charge in [-0.1, -0.05) is 20.8 Å². The van der Waals surface area contributed by atoms with Crippen LogP contribution in [-0.4, -0.2) is 0 Å². The Morgan fingerprint density at radius 3 is 2.46 bits per heavy atom. The topological polar surface area (TPSA) is 0 Å². The lowest BCUT2D eigenvalue weighted by atomic mass is 9.69. The molecule has 0 amide bonds. The van der Waals surface area contributed by atoms with E-state index in [1.807, 2.05) is 0 Å². The third-order valence-electron chi connectivity index (χ3n) is 4.87. The van der Waals surface area contributed by atoms with Gasteiger partial charge in [-0.15, -0.1) is 5.73 Å². The van der Waals surface area contributed by atoms with Gasteiger partial charge < -0.3 is 0 Å². The van der Waals surface area contributed by atoms with E-state index < -0.39 is 0 Å². The van der Waals surface area contributed by atoms with Gasteiger partial charge >= 0.3 is 0 Å². The first-order chi connectivity index (χ1) is 6.02. The highest BCUT2D eigenvalue weighted by atomic mass is 14.6. The molecule has 0 aromatic rings. The van der Waals surface area contributed by atoms with E-state index in [-0.39, 0.29) is 0 Å². The van der Waals surface area contributed by atoms with Crippen LogP contribution in [0.1, 0.15) is 47.0 Å². The van der Waals surface area contributed by atoms with Crippen LogP contribution in [-0.2, 0) is 0 Å². The lowest BCUT2D eigenvalue weighted by molar-refractivity contribution is 0.179. The smallest absolute Gasteiger partial charge is 0.00134 e. The predicted octanol–water partition coefficient (Wildman–Crippen LogP) is 3.93. The number of fused-ring (bicyclic) bond motifs is 2. The SMILES string of the molecule is CC=C=C1C[C@@H]2CC[C@]1(C)C2(C)C. The maximum absolute atomic E-state index is 3.46. The van der Waals surface area contributed by atoms with Crippen molar-refractivity contribution >= 4 is 0 Å². The summed E-state index contributed by atoms with van der Waals surface area (Å²) in [6, 6.07) is 0. The van der Waals surface area contributed by atoms with Crippen molar-refractivity contribution in [1.29, 1.82) is 0 Å². The van der Waals surface area contributed by atoms with Gasteiger partial charge in [-0.25, -0.2) is 0 Å². The zero-order chi connectivity index (χ0) is 9.69. The molecule has 0 heterocycles. The van der Waals surface area contributed by atoms with Crippen molar-refractivity contribution in [2.75, 3.05) is 0 Å². The number of hydrogen-bond donors (Lipinski definition) is 0. The molecule has 0 aromatic carbocycles. The van der Waals surface area contributed by atoms with Crippen molar-refractivity contribution < 1.29 is 0 Å². The van der Waals surface area contributed by atoms with Gasteiger partial charge in [-0.3, -0.25) is 0 Å². The Morgan fingerprint density at radius 1 is 1.38 bits per heavy atom. The minimum atomic E-state index is 0.449. The zero-order valence-electron chi connectivity index (χ0n) is 9.28. The molecule has 0 heteroatoms. The Kier molecular flexibility index (Phi) is 1.76. The third-order valence-corrected chi connectivity index (χ3v) is 4.87. The van der Waals surface area contributed by atoms with Crippen LogP contribution in [0.3, 0.4) is 0 Å². The Hall–Kier alpha value is -0.480. The van der Waals surface area contributed by atoms with Crippen molar-refractivity contribution in [2.45, 2.75) is 47.0 Å². The predicted molar refractivity (Wildman–Crippen MR) is 56.5 cm³/mol. The molecular formula is C13H20. The van der Waals surface area contributed by atoms with Crippen LogP contribution in [0.2, 0.25) is 0 Å². The molecule has 2 aliphatic rings. The molecule has 0 N–H and O–H groups in total. The first kappa shape index (κ1) is 9.09. The van der Waals surface area contributed by atoms with E-state index in [1.54, 1.807) is 5.57 Å². The molecule has 0 radical (unpaired) electrons. The summed E-state index contributed by atoms with van der Waals surface area (Å²) in [5.74, 6) is 0.917. The number of allylic oxidation sites excluding steroid dienone is 1. The second kappa shape index (κ2) is 2.51. The minimum absolute atomic E-state index is 0.449. The molecule has 2 bridgehead atoms. The summed E-state index contributed by atoms with van der Waals surface area (Å²) in [6.45, 7) is 9.39. The summed E-state index contributed by atoms with van der Waals surface area (Å²) in [4.78, 5) is 0. The molecule has 0 aliphatic heterocycles. The van der Waals surface area contributed by atoms with E-state index in [1.165, 1.54) is 19.3 Å². The molecule has 2 atom stereocenters. The van der Waals surface area contributed by atoms with Crippen LogP contribution in [0.5, 0.6) is 0 Å². The molecule has 13 heavy (non-hydrogen) atoms. The summed E-state index contributed by atoms with van der Waals surface area (Å²) in [6.07, 6.45) is 6.18. The van der Waals surface area contributed by atoms with E-state index in [0.29, 0.717) is 10.8 Å². The summed E-state index contributed by atoms with van der Waals surface area (Å²) in [7, 11) is 0. The van der Waals surface area contributed by atoms with Crippen LogP contribution in [0.4, 0.5) is 0 Å². The van der Waals surface area contributed by atoms with E-state index >= 15 is 0 Å². The van der Waals surface area contributed by atoms with Crippen LogP contribution in [0.15, 0.2) is 17.4 Å². The standard InChI is InChI=1S/C13H20/c1-5-6-11-9-10-7-8-13(11,4)12(10,2)3/h5,10H,7-9H2,1-4H3/t6?,10-,13-/m0/s1. The van der Waals surface area contributed by atoms with Gasteiger partial charge in [0.15, 0.2) is 0 Å². The lowest BCUT2D eigenvalue weighted by Crippen LogP contribution is -2.27. The second-order valence-electron chi connectivity index (χ2n) is 5.41. The lowest BCUT2D eigenvalue weighted by Gasteiger charge is -2.34. The number of hydrogen-bond acceptors (Lipinski definition) is 0. The minimum Gasteiger partial charge on any atom is -0.126 e. The zero-order valence-corrected chi connectivity index (χ0v) is 9.28. The quantitative estimate of drug-likeness (QED) is 0.490. The van der Waals surface area contributed by atoms with Crippen LogP contribution in [0, 0.1) is 16.7 Å². The monoisotopic (exact) mass is 176 g/mol. The average molecular weight is 176 g/mol. The summed E-state index contributed by atoms with van der Waals surface area (Å²) < 4.78 is 0. The van der Waals surface area contributed by atoms with Crippen LogP contribution in [0.25, 0.3) is 0 Å². The molecule has 2 rings (SSSR count). The largest absolute Gasteiger partial charge is 0.126 e.